The van der Waals surface area contributed by atoms with Gasteiger partial charge in [0.1, 0.15) is 0 Å². The molecule has 0 aliphatic carbocycles. The molecule has 2 rings (SSSR count). The summed E-state index contributed by atoms with van der Waals surface area (Å²) in [7, 11) is 0. The third-order valence-corrected chi connectivity index (χ3v) is 4.19. The van der Waals surface area contributed by atoms with Gasteiger partial charge in [0.25, 0.3) is 0 Å². The van der Waals surface area contributed by atoms with Gasteiger partial charge in [-0.3, -0.25) is 0 Å². The van der Waals surface area contributed by atoms with Gasteiger partial charge >= 0.3 is 0 Å². The van der Waals surface area contributed by atoms with E-state index in [1.165, 1.54) is 6.07 Å². The smallest absolute Gasteiger partial charge is 0.160 e. The molecular weight excluding hydrogens is 308 g/mol. The summed E-state index contributed by atoms with van der Waals surface area (Å²) in [5.41, 5.74) is 0.570. The second-order valence-electron chi connectivity index (χ2n) is 3.66. The van der Waals surface area contributed by atoms with Crippen molar-refractivity contribution in [2.24, 2.45) is 0 Å². The van der Waals surface area contributed by atoms with Gasteiger partial charge in [-0.15, -0.1) is 11.3 Å². The van der Waals surface area contributed by atoms with Crippen molar-refractivity contribution < 1.29 is 8.78 Å². The molecule has 0 aliphatic rings. The van der Waals surface area contributed by atoms with E-state index in [1.54, 1.807) is 11.3 Å². The van der Waals surface area contributed by atoms with E-state index in [0.29, 0.717) is 5.69 Å². The number of thiophene rings is 1. The molecule has 1 aromatic heterocycles. The zero-order valence-corrected chi connectivity index (χ0v) is 11.4. The fourth-order valence-electron chi connectivity index (χ4n) is 1.46. The molecule has 2 aromatic rings. The van der Waals surface area contributed by atoms with E-state index in [4.69, 9.17) is 0 Å². The lowest BCUT2D eigenvalue weighted by Gasteiger charge is -2.13. The van der Waals surface area contributed by atoms with Crippen LogP contribution < -0.4 is 5.32 Å². The van der Waals surface area contributed by atoms with Gasteiger partial charge in [0.2, 0.25) is 0 Å². The molecule has 1 atom stereocenters. The van der Waals surface area contributed by atoms with Crippen molar-refractivity contribution in [2.45, 2.75) is 13.0 Å². The highest BCUT2D eigenvalue weighted by Gasteiger charge is 2.09. The third-order valence-electron chi connectivity index (χ3n) is 2.32. The van der Waals surface area contributed by atoms with Crippen LogP contribution in [0.25, 0.3) is 0 Å². The molecule has 1 nitrogen and oxygen atoms in total. The minimum Gasteiger partial charge on any atom is -0.378 e. The Balaban J connectivity index is 2.12. The fourth-order valence-corrected chi connectivity index (χ4v) is 2.92. The third kappa shape index (κ3) is 3.04. The van der Waals surface area contributed by atoms with Gasteiger partial charge in [0, 0.05) is 26.5 Å². The molecule has 5 heteroatoms. The Labute approximate surface area is 111 Å². The van der Waals surface area contributed by atoms with E-state index in [-0.39, 0.29) is 6.04 Å². The van der Waals surface area contributed by atoms with Crippen molar-refractivity contribution >= 4 is 33.0 Å². The minimum atomic E-state index is -0.838. The maximum atomic E-state index is 13.0. The predicted molar refractivity (Wildman–Crippen MR) is 70.4 cm³/mol. The summed E-state index contributed by atoms with van der Waals surface area (Å²) in [6.45, 7) is 1.97. The molecule has 0 aliphatic heterocycles. The van der Waals surface area contributed by atoms with Crippen molar-refractivity contribution in [3.63, 3.8) is 0 Å². The predicted octanol–water partition coefficient (Wildman–Crippen LogP) is 4.96. The van der Waals surface area contributed by atoms with Crippen LogP contribution in [-0.4, -0.2) is 0 Å². The maximum Gasteiger partial charge on any atom is 0.160 e. The molecule has 0 bridgehead atoms. The maximum absolute atomic E-state index is 13.0. The van der Waals surface area contributed by atoms with Crippen molar-refractivity contribution in [3.8, 4) is 0 Å². The van der Waals surface area contributed by atoms with Gasteiger partial charge in [-0.25, -0.2) is 8.78 Å². The van der Waals surface area contributed by atoms with E-state index in [2.05, 4.69) is 21.2 Å². The Morgan fingerprint density at radius 1 is 1.24 bits per heavy atom. The second-order valence-corrected chi connectivity index (χ2v) is 5.52. The molecule has 0 amide bonds. The average molecular weight is 318 g/mol. The Kier molecular flexibility index (Phi) is 3.79. The molecular formula is C12H10BrF2NS. The summed E-state index contributed by atoms with van der Waals surface area (Å²) in [4.78, 5) is 1.13. The highest BCUT2D eigenvalue weighted by molar-refractivity contribution is 9.10. The Morgan fingerprint density at radius 3 is 2.59 bits per heavy atom. The molecule has 1 unspecified atom stereocenters. The second kappa shape index (κ2) is 5.14. The molecule has 1 heterocycles. The van der Waals surface area contributed by atoms with Gasteiger partial charge in [-0.05, 0) is 41.1 Å². The van der Waals surface area contributed by atoms with Crippen molar-refractivity contribution in [3.05, 3.63) is 50.6 Å². The van der Waals surface area contributed by atoms with E-state index < -0.39 is 11.6 Å². The molecule has 1 N–H and O–H groups in total. The zero-order chi connectivity index (χ0) is 12.4. The number of anilines is 1. The normalized spacial score (nSPS) is 12.5. The molecule has 0 fully saturated rings. The van der Waals surface area contributed by atoms with Gasteiger partial charge in [-0.2, -0.15) is 0 Å². The summed E-state index contributed by atoms with van der Waals surface area (Å²) in [6, 6.07) is 5.86. The van der Waals surface area contributed by atoms with Crippen LogP contribution in [0.3, 0.4) is 0 Å². The van der Waals surface area contributed by atoms with E-state index in [1.807, 2.05) is 18.4 Å². The monoisotopic (exact) mass is 317 g/mol. The van der Waals surface area contributed by atoms with Crippen LogP contribution in [0.5, 0.6) is 0 Å². The van der Waals surface area contributed by atoms with Crippen LogP contribution >= 0.6 is 27.3 Å². The Bertz CT molecular complexity index is 527. The molecule has 0 radical (unpaired) electrons. The largest absolute Gasteiger partial charge is 0.378 e. The van der Waals surface area contributed by atoms with Crippen molar-refractivity contribution in [1.29, 1.82) is 0 Å². The lowest BCUT2D eigenvalue weighted by molar-refractivity contribution is 0.509. The molecule has 0 saturated carbocycles. The molecule has 1 aromatic carbocycles. The van der Waals surface area contributed by atoms with Crippen LogP contribution in [-0.2, 0) is 0 Å². The summed E-state index contributed by atoms with van der Waals surface area (Å²) in [5, 5.41) is 5.11. The van der Waals surface area contributed by atoms with Crippen LogP contribution in [0.2, 0.25) is 0 Å². The van der Waals surface area contributed by atoms with Crippen LogP contribution in [0.4, 0.5) is 14.5 Å². The highest BCUT2D eigenvalue weighted by atomic mass is 79.9. The van der Waals surface area contributed by atoms with E-state index in [0.717, 1.165) is 21.5 Å². The zero-order valence-electron chi connectivity index (χ0n) is 9.01. The molecule has 0 saturated heterocycles. The highest BCUT2D eigenvalue weighted by Crippen LogP contribution is 2.28. The number of hydrogen-bond donors (Lipinski definition) is 1. The van der Waals surface area contributed by atoms with Crippen molar-refractivity contribution in [2.75, 3.05) is 5.32 Å². The first-order valence-corrected chi connectivity index (χ1v) is 6.69. The van der Waals surface area contributed by atoms with Crippen LogP contribution in [0.15, 0.2) is 34.1 Å². The topological polar surface area (TPSA) is 12.0 Å². The summed E-state index contributed by atoms with van der Waals surface area (Å²) in [6.07, 6.45) is 0. The standard InChI is InChI=1S/C12H10BrF2NS/c1-7(12-4-8(13)6-17-12)16-9-2-3-10(14)11(15)5-9/h2-7,16H,1H3. The van der Waals surface area contributed by atoms with E-state index in [9.17, 15) is 8.78 Å². The lowest BCUT2D eigenvalue weighted by atomic mass is 10.2. The molecule has 17 heavy (non-hydrogen) atoms. The number of hydrogen-bond acceptors (Lipinski definition) is 2. The Morgan fingerprint density at radius 2 is 2.00 bits per heavy atom. The fraction of sp³-hybridized carbons (Fsp3) is 0.167. The summed E-state index contributed by atoms with van der Waals surface area (Å²) < 4.78 is 26.8. The van der Waals surface area contributed by atoms with Gasteiger partial charge < -0.3 is 5.32 Å². The summed E-state index contributed by atoms with van der Waals surface area (Å²) in [5.74, 6) is -1.67. The molecule has 90 valence electrons. The summed E-state index contributed by atoms with van der Waals surface area (Å²) >= 11 is 4.99. The Hall–Kier alpha value is -0.940. The van der Waals surface area contributed by atoms with Gasteiger partial charge in [0.05, 0.1) is 6.04 Å². The molecule has 0 spiro atoms. The number of nitrogens with one attached hydrogen (secondary N) is 1. The van der Waals surface area contributed by atoms with Crippen LogP contribution in [0, 0.1) is 11.6 Å². The SMILES string of the molecule is CC(Nc1ccc(F)c(F)c1)c1cc(Br)cs1. The number of halogens is 3. The first-order chi connectivity index (χ1) is 8.06. The lowest BCUT2D eigenvalue weighted by Crippen LogP contribution is -2.05. The first-order valence-electron chi connectivity index (χ1n) is 5.02. The van der Waals surface area contributed by atoms with Gasteiger partial charge in [-0.1, -0.05) is 0 Å². The van der Waals surface area contributed by atoms with E-state index >= 15 is 0 Å². The minimum absolute atomic E-state index is 0.0520. The van der Waals surface area contributed by atoms with Crippen LogP contribution in [0.1, 0.15) is 17.8 Å². The first kappa shape index (κ1) is 12.5. The number of benzene rings is 1. The van der Waals surface area contributed by atoms with Crippen molar-refractivity contribution in [1.82, 2.24) is 0 Å². The average Bonchev–Trinajstić information content (AvgIpc) is 2.70. The quantitative estimate of drug-likeness (QED) is 0.843. The number of rotatable bonds is 3. The van der Waals surface area contributed by atoms with Gasteiger partial charge in [0.15, 0.2) is 11.6 Å².